The first-order valence-electron chi connectivity index (χ1n) is 24.0. The molecule has 0 bridgehead atoms. The number of rotatable bonds is 43. The number of allylic oxidation sites excluding steroid dienone is 10. The van der Waals surface area contributed by atoms with Crippen molar-refractivity contribution in [1.29, 1.82) is 0 Å². The minimum Gasteiger partial charge on any atom is -0.462 e. The number of hydrogen-bond donors (Lipinski definition) is 1. The Morgan fingerprint density at radius 2 is 0.950 bits per heavy atom. The third kappa shape index (κ3) is 45.2. The molecule has 0 aliphatic rings. The van der Waals surface area contributed by atoms with E-state index in [2.05, 4.69) is 74.6 Å². The molecule has 0 fully saturated rings. The van der Waals surface area contributed by atoms with Crippen LogP contribution in [0.4, 0.5) is 0 Å². The molecule has 0 spiro atoms. The molecule has 0 saturated carbocycles. The monoisotopic (exact) mass is 865 g/mol. The number of unbranched alkanes of at least 4 members (excludes halogenated alkanes) is 19. The van der Waals surface area contributed by atoms with Gasteiger partial charge in [-0.1, -0.05) is 164 Å². The molecule has 60 heavy (non-hydrogen) atoms. The summed E-state index contributed by atoms with van der Waals surface area (Å²) >= 11 is 0. The normalized spacial score (nSPS) is 14.0. The van der Waals surface area contributed by atoms with Crippen LogP contribution in [-0.4, -0.2) is 74.9 Å². The quantitative estimate of drug-likeness (QED) is 0.0212. The number of likely N-dealkylation sites (N-methyl/N-ethyl adjacent to an activating group) is 1. The van der Waals surface area contributed by atoms with Gasteiger partial charge < -0.3 is 18.9 Å². The van der Waals surface area contributed by atoms with E-state index < -0.39 is 26.5 Å². The van der Waals surface area contributed by atoms with Gasteiger partial charge in [-0.25, -0.2) is 4.57 Å². The smallest absolute Gasteiger partial charge is 0.462 e. The fourth-order valence-corrected chi connectivity index (χ4v) is 7.04. The van der Waals surface area contributed by atoms with Crippen LogP contribution in [0, 0.1) is 0 Å². The molecule has 0 amide bonds. The second-order valence-corrected chi connectivity index (χ2v) is 18.6. The van der Waals surface area contributed by atoms with Crippen molar-refractivity contribution in [3.05, 3.63) is 60.8 Å². The second kappa shape index (κ2) is 42.0. The van der Waals surface area contributed by atoms with E-state index in [0.29, 0.717) is 17.4 Å². The second-order valence-electron chi connectivity index (χ2n) is 17.1. The topological polar surface area (TPSA) is 108 Å². The van der Waals surface area contributed by atoms with Crippen LogP contribution in [-0.2, 0) is 32.7 Å². The zero-order chi connectivity index (χ0) is 44.3. The fourth-order valence-electron chi connectivity index (χ4n) is 6.29. The molecule has 0 aromatic heterocycles. The molecular formula is C50H91NO8P+. The van der Waals surface area contributed by atoms with Crippen molar-refractivity contribution in [2.75, 3.05) is 47.5 Å². The minimum atomic E-state index is -4.39. The number of carbonyl (C=O) groups excluding carboxylic acids is 2. The largest absolute Gasteiger partial charge is 0.472 e. The average Bonchev–Trinajstić information content (AvgIpc) is 3.20. The fraction of sp³-hybridized carbons (Fsp3) is 0.760. The van der Waals surface area contributed by atoms with E-state index in [0.717, 1.165) is 57.8 Å². The Kier molecular flexibility index (Phi) is 40.4. The Morgan fingerprint density at radius 1 is 0.533 bits per heavy atom. The van der Waals surface area contributed by atoms with Gasteiger partial charge in [0, 0.05) is 12.8 Å². The molecule has 348 valence electrons. The molecule has 9 nitrogen and oxygen atoms in total. The summed E-state index contributed by atoms with van der Waals surface area (Å²) in [6, 6.07) is 0. The van der Waals surface area contributed by atoms with E-state index in [1.807, 2.05) is 21.1 Å². The van der Waals surface area contributed by atoms with Crippen LogP contribution in [0.2, 0.25) is 0 Å². The van der Waals surface area contributed by atoms with Crippen LogP contribution >= 0.6 is 7.82 Å². The van der Waals surface area contributed by atoms with E-state index in [-0.39, 0.29) is 32.0 Å². The number of esters is 2. The summed E-state index contributed by atoms with van der Waals surface area (Å²) in [5.41, 5.74) is 0. The third-order valence-corrected chi connectivity index (χ3v) is 11.0. The summed E-state index contributed by atoms with van der Waals surface area (Å²) in [5.74, 6) is -0.848. The lowest BCUT2D eigenvalue weighted by Crippen LogP contribution is -2.37. The molecule has 0 aromatic carbocycles. The summed E-state index contributed by atoms with van der Waals surface area (Å²) < 4.78 is 34.3. The summed E-state index contributed by atoms with van der Waals surface area (Å²) in [6.45, 7) is 4.26. The molecule has 10 heteroatoms. The Bertz CT molecular complexity index is 1210. The first-order valence-corrected chi connectivity index (χ1v) is 25.5. The van der Waals surface area contributed by atoms with Gasteiger partial charge in [0.15, 0.2) is 6.10 Å². The van der Waals surface area contributed by atoms with E-state index in [1.165, 1.54) is 103 Å². The van der Waals surface area contributed by atoms with Crippen molar-refractivity contribution in [2.24, 2.45) is 0 Å². The van der Waals surface area contributed by atoms with Crippen molar-refractivity contribution < 1.29 is 42.1 Å². The van der Waals surface area contributed by atoms with E-state index >= 15 is 0 Å². The maximum Gasteiger partial charge on any atom is 0.472 e. The van der Waals surface area contributed by atoms with Crippen LogP contribution in [0.1, 0.15) is 194 Å². The van der Waals surface area contributed by atoms with Gasteiger partial charge in [0.2, 0.25) is 0 Å². The number of nitrogens with zero attached hydrogens (tertiary/aromatic N) is 1. The first kappa shape index (κ1) is 57.7. The molecule has 2 atom stereocenters. The summed E-state index contributed by atoms with van der Waals surface area (Å²) in [5, 5.41) is 0. The highest BCUT2D eigenvalue weighted by Crippen LogP contribution is 2.43. The molecule has 0 saturated heterocycles. The lowest BCUT2D eigenvalue weighted by atomic mass is 10.0. The van der Waals surface area contributed by atoms with Crippen LogP contribution in [0.15, 0.2) is 60.8 Å². The summed E-state index contributed by atoms with van der Waals surface area (Å²) in [6.07, 6.45) is 51.4. The molecule has 1 unspecified atom stereocenters. The SMILES string of the molecule is CC/C=C\C/C=C\C/C=C\C/C=C\CCCCC(=O)O[C@H](COC(=O)CCCCCCCCCCCCC/C=C\CCCCCCCC)COP(=O)(O)OCC[N+](C)(C)C. The van der Waals surface area contributed by atoms with Gasteiger partial charge in [-0.2, -0.15) is 0 Å². The van der Waals surface area contributed by atoms with E-state index in [4.69, 9.17) is 18.5 Å². The Labute approximate surface area is 368 Å². The highest BCUT2D eigenvalue weighted by molar-refractivity contribution is 7.47. The molecule has 0 radical (unpaired) electrons. The van der Waals surface area contributed by atoms with Gasteiger partial charge >= 0.3 is 19.8 Å². The average molecular weight is 865 g/mol. The van der Waals surface area contributed by atoms with Gasteiger partial charge in [0.25, 0.3) is 0 Å². The van der Waals surface area contributed by atoms with Gasteiger partial charge in [0.05, 0.1) is 27.7 Å². The molecular weight excluding hydrogens is 774 g/mol. The van der Waals surface area contributed by atoms with Crippen molar-refractivity contribution >= 4 is 19.8 Å². The Balaban J connectivity index is 4.31. The number of phosphoric acid groups is 1. The summed E-state index contributed by atoms with van der Waals surface area (Å²) in [7, 11) is 1.44. The van der Waals surface area contributed by atoms with Gasteiger partial charge in [-0.3, -0.25) is 18.6 Å². The number of hydrogen-bond acceptors (Lipinski definition) is 7. The highest BCUT2D eigenvalue weighted by Gasteiger charge is 2.27. The zero-order valence-corrected chi connectivity index (χ0v) is 40.1. The molecule has 0 aliphatic heterocycles. The first-order chi connectivity index (χ1) is 29.0. The Hall–Kier alpha value is -2.29. The number of phosphoric ester groups is 1. The van der Waals surface area contributed by atoms with Gasteiger partial charge in [-0.05, 0) is 77.0 Å². The zero-order valence-electron chi connectivity index (χ0n) is 39.2. The lowest BCUT2D eigenvalue weighted by molar-refractivity contribution is -0.870. The lowest BCUT2D eigenvalue weighted by Gasteiger charge is -2.24. The van der Waals surface area contributed by atoms with Crippen LogP contribution in [0.3, 0.4) is 0 Å². The molecule has 0 rings (SSSR count). The van der Waals surface area contributed by atoms with E-state index in [9.17, 15) is 19.0 Å². The highest BCUT2D eigenvalue weighted by atomic mass is 31.2. The van der Waals surface area contributed by atoms with Crippen molar-refractivity contribution in [3.8, 4) is 0 Å². The Morgan fingerprint density at radius 3 is 1.47 bits per heavy atom. The molecule has 0 heterocycles. The number of quaternary nitrogens is 1. The predicted molar refractivity (Wildman–Crippen MR) is 252 cm³/mol. The molecule has 0 aliphatic carbocycles. The van der Waals surface area contributed by atoms with Crippen molar-refractivity contribution in [3.63, 3.8) is 0 Å². The number of ether oxygens (including phenoxy) is 2. The maximum atomic E-state index is 12.7. The van der Waals surface area contributed by atoms with Crippen LogP contribution < -0.4 is 0 Å². The summed E-state index contributed by atoms with van der Waals surface area (Å²) in [4.78, 5) is 35.4. The van der Waals surface area contributed by atoms with Gasteiger partial charge in [-0.15, -0.1) is 0 Å². The predicted octanol–water partition coefficient (Wildman–Crippen LogP) is 14.0. The van der Waals surface area contributed by atoms with Crippen molar-refractivity contribution in [1.82, 2.24) is 0 Å². The maximum absolute atomic E-state index is 12.7. The number of carbonyl (C=O) groups is 2. The van der Waals surface area contributed by atoms with Crippen molar-refractivity contribution in [2.45, 2.75) is 200 Å². The molecule has 1 N–H and O–H groups in total. The molecule has 0 aromatic rings. The standard InChI is InChI=1S/C50H90NO8P/c1-6-8-10-12-14-16-18-20-22-23-24-25-26-27-29-30-32-34-36-38-40-42-49(52)56-46-48(47-58-60(54,55)57-45-44-51(3,4)5)59-50(53)43-41-39-37-35-33-31-28-21-19-17-15-13-11-9-7-2/h9,11,15,17,20-22,28,33,35,48H,6-8,10,12-14,16,18-19,23-27,29-32,34,36-47H2,1-5H3/p+1/b11-9-,17-15-,22-20-,28-21-,35-33-/t48-/m1/s1. The minimum absolute atomic E-state index is 0.0215. The van der Waals surface area contributed by atoms with Crippen LogP contribution in [0.25, 0.3) is 0 Å². The van der Waals surface area contributed by atoms with Gasteiger partial charge in [0.1, 0.15) is 19.8 Å². The third-order valence-electron chi connectivity index (χ3n) is 10.0. The van der Waals surface area contributed by atoms with Crippen LogP contribution in [0.5, 0.6) is 0 Å². The van der Waals surface area contributed by atoms with E-state index in [1.54, 1.807) is 0 Å².